The second-order valence-electron chi connectivity index (χ2n) is 6.26. The van der Waals surface area contributed by atoms with Crippen LogP contribution in [0, 0.1) is 3.57 Å². The highest BCUT2D eigenvalue weighted by Crippen LogP contribution is 2.28. The molecule has 3 atom stereocenters. The fourth-order valence-corrected chi connectivity index (χ4v) is 3.74. The number of nitrogens with zero attached hydrogens (tertiary/aromatic N) is 3. The molecule has 1 unspecified atom stereocenters. The molecule has 0 aromatic carbocycles. The van der Waals surface area contributed by atoms with E-state index in [9.17, 15) is 9.90 Å². The van der Waals surface area contributed by atoms with E-state index in [0.717, 1.165) is 16.7 Å². The van der Waals surface area contributed by atoms with Crippen LogP contribution in [-0.2, 0) is 4.74 Å². The molecule has 0 spiro atoms. The molecule has 9 heteroatoms. The van der Waals surface area contributed by atoms with Crippen molar-refractivity contribution in [3.63, 3.8) is 0 Å². The second kappa shape index (κ2) is 8.09. The van der Waals surface area contributed by atoms with Crippen LogP contribution in [0.2, 0.25) is 0 Å². The standard InChI is InChI=1S/C15H23IN4O4/c16-10-7-20(13-6-11(22)12(8-21)24-13)15(23)18-14(10)17-9-19-4-2-1-3-5-19/h7,11-13,21-22H,1-6,8-9H2,(H,17,18,23)/t11?,12-,13-/m1/s1. The Balaban J connectivity index is 1.68. The molecule has 134 valence electrons. The number of aliphatic hydroxyl groups excluding tert-OH is 2. The van der Waals surface area contributed by atoms with E-state index < -0.39 is 24.1 Å². The Bertz CT molecular complexity index is 620. The van der Waals surface area contributed by atoms with Crippen LogP contribution in [0.4, 0.5) is 5.82 Å². The van der Waals surface area contributed by atoms with Crippen molar-refractivity contribution in [3.05, 3.63) is 20.3 Å². The third kappa shape index (κ3) is 4.07. The van der Waals surface area contributed by atoms with Gasteiger partial charge in [-0.05, 0) is 48.5 Å². The van der Waals surface area contributed by atoms with Gasteiger partial charge >= 0.3 is 5.69 Å². The van der Waals surface area contributed by atoms with E-state index in [1.54, 1.807) is 6.20 Å². The van der Waals surface area contributed by atoms with E-state index >= 15 is 0 Å². The summed E-state index contributed by atoms with van der Waals surface area (Å²) in [5.41, 5.74) is -0.424. The predicted octanol–water partition coefficient (Wildman–Crippen LogP) is 0.344. The summed E-state index contributed by atoms with van der Waals surface area (Å²) in [6.07, 6.45) is 3.63. The highest BCUT2D eigenvalue weighted by molar-refractivity contribution is 14.1. The number of halogens is 1. The number of anilines is 1. The lowest BCUT2D eigenvalue weighted by molar-refractivity contribution is -0.0459. The average molecular weight is 450 g/mol. The van der Waals surface area contributed by atoms with Gasteiger partial charge in [-0.3, -0.25) is 9.47 Å². The largest absolute Gasteiger partial charge is 0.394 e. The number of nitrogens with one attached hydrogen (secondary N) is 1. The molecular formula is C15H23IN4O4. The topological polar surface area (TPSA) is 99.9 Å². The zero-order valence-electron chi connectivity index (χ0n) is 13.4. The van der Waals surface area contributed by atoms with Gasteiger partial charge in [0.25, 0.3) is 0 Å². The lowest BCUT2D eigenvalue weighted by Gasteiger charge is -2.26. The molecule has 0 amide bonds. The van der Waals surface area contributed by atoms with Crippen LogP contribution in [0.25, 0.3) is 0 Å². The van der Waals surface area contributed by atoms with Crippen LogP contribution < -0.4 is 11.0 Å². The van der Waals surface area contributed by atoms with Gasteiger partial charge < -0.3 is 20.3 Å². The van der Waals surface area contributed by atoms with Crippen LogP contribution in [-0.4, -0.2) is 63.2 Å². The maximum Gasteiger partial charge on any atom is 0.351 e. The number of piperidine rings is 1. The van der Waals surface area contributed by atoms with E-state index in [1.165, 1.54) is 23.8 Å². The first-order valence-electron chi connectivity index (χ1n) is 8.28. The normalized spacial score (nSPS) is 28.2. The number of likely N-dealkylation sites (tertiary alicyclic amines) is 1. The molecule has 0 saturated carbocycles. The molecule has 2 saturated heterocycles. The Labute approximate surface area is 154 Å². The SMILES string of the molecule is O=c1nc(NCN2CCCCC2)c(I)cn1[C@H]1CC(O)[C@@H](CO)O1. The van der Waals surface area contributed by atoms with Gasteiger partial charge in [0.05, 0.1) is 22.9 Å². The molecule has 24 heavy (non-hydrogen) atoms. The van der Waals surface area contributed by atoms with Crippen LogP contribution in [0.5, 0.6) is 0 Å². The molecule has 3 N–H and O–H groups in total. The zero-order chi connectivity index (χ0) is 17.1. The minimum absolute atomic E-state index is 0.267. The molecule has 3 rings (SSSR count). The number of hydrogen-bond acceptors (Lipinski definition) is 7. The number of aromatic nitrogens is 2. The van der Waals surface area contributed by atoms with Gasteiger partial charge in [-0.25, -0.2) is 4.79 Å². The van der Waals surface area contributed by atoms with Crippen molar-refractivity contribution in [2.75, 3.05) is 31.7 Å². The summed E-state index contributed by atoms with van der Waals surface area (Å²) in [5.74, 6) is 0.569. The Morgan fingerprint density at radius 1 is 1.38 bits per heavy atom. The first kappa shape index (κ1) is 18.1. The van der Waals surface area contributed by atoms with Crippen molar-refractivity contribution in [2.24, 2.45) is 0 Å². The number of aliphatic hydroxyl groups is 2. The molecular weight excluding hydrogens is 427 g/mol. The Morgan fingerprint density at radius 2 is 2.12 bits per heavy atom. The van der Waals surface area contributed by atoms with Gasteiger partial charge in [0, 0.05) is 12.6 Å². The van der Waals surface area contributed by atoms with Crippen molar-refractivity contribution in [2.45, 2.75) is 44.1 Å². The molecule has 1 aromatic rings. The van der Waals surface area contributed by atoms with E-state index in [-0.39, 0.29) is 13.0 Å². The molecule has 2 aliphatic heterocycles. The number of ether oxygens (including phenoxy) is 1. The summed E-state index contributed by atoms with van der Waals surface area (Å²) in [6.45, 7) is 2.54. The third-order valence-corrected chi connectivity index (χ3v) is 5.31. The summed E-state index contributed by atoms with van der Waals surface area (Å²) in [4.78, 5) is 18.7. The van der Waals surface area contributed by atoms with Crippen LogP contribution in [0.3, 0.4) is 0 Å². The fraction of sp³-hybridized carbons (Fsp3) is 0.733. The highest BCUT2D eigenvalue weighted by Gasteiger charge is 2.35. The van der Waals surface area contributed by atoms with Crippen LogP contribution in [0.15, 0.2) is 11.0 Å². The maximum atomic E-state index is 12.3. The maximum absolute atomic E-state index is 12.3. The van der Waals surface area contributed by atoms with Crippen LogP contribution in [0.1, 0.15) is 31.9 Å². The van der Waals surface area contributed by atoms with Gasteiger partial charge in [-0.2, -0.15) is 4.98 Å². The van der Waals surface area contributed by atoms with Gasteiger partial charge in [0.1, 0.15) is 18.1 Å². The molecule has 2 fully saturated rings. The molecule has 0 radical (unpaired) electrons. The Hall–Kier alpha value is -0.750. The van der Waals surface area contributed by atoms with Gasteiger partial charge in [-0.1, -0.05) is 6.42 Å². The lowest BCUT2D eigenvalue weighted by Crippen LogP contribution is -2.35. The first-order valence-corrected chi connectivity index (χ1v) is 9.35. The highest BCUT2D eigenvalue weighted by atomic mass is 127. The minimum Gasteiger partial charge on any atom is -0.394 e. The van der Waals surface area contributed by atoms with Gasteiger partial charge in [0.2, 0.25) is 0 Å². The van der Waals surface area contributed by atoms with E-state index in [4.69, 9.17) is 9.84 Å². The smallest absolute Gasteiger partial charge is 0.351 e. The molecule has 0 aliphatic carbocycles. The monoisotopic (exact) mass is 450 g/mol. The molecule has 2 aliphatic rings. The summed E-state index contributed by atoms with van der Waals surface area (Å²) < 4.78 is 7.73. The van der Waals surface area contributed by atoms with E-state index in [1.807, 2.05) is 0 Å². The number of hydrogen-bond donors (Lipinski definition) is 3. The Kier molecular flexibility index (Phi) is 6.08. The van der Waals surface area contributed by atoms with Crippen molar-refractivity contribution in [1.82, 2.24) is 14.5 Å². The van der Waals surface area contributed by atoms with Gasteiger partial charge in [0.15, 0.2) is 0 Å². The van der Waals surface area contributed by atoms with E-state index in [0.29, 0.717) is 12.5 Å². The predicted molar refractivity (Wildman–Crippen MR) is 96.7 cm³/mol. The second-order valence-corrected chi connectivity index (χ2v) is 7.42. The molecule has 1 aromatic heterocycles. The summed E-state index contributed by atoms with van der Waals surface area (Å²) in [7, 11) is 0. The molecule has 8 nitrogen and oxygen atoms in total. The summed E-state index contributed by atoms with van der Waals surface area (Å²) in [5, 5.41) is 22.2. The quantitative estimate of drug-likeness (QED) is 0.557. The average Bonchev–Trinajstić information content (AvgIpc) is 2.97. The fourth-order valence-electron chi connectivity index (χ4n) is 3.13. The minimum atomic E-state index is -0.776. The van der Waals surface area contributed by atoms with Crippen molar-refractivity contribution >= 4 is 28.4 Å². The first-order chi connectivity index (χ1) is 11.6. The summed E-state index contributed by atoms with van der Waals surface area (Å²) in [6, 6.07) is 0. The summed E-state index contributed by atoms with van der Waals surface area (Å²) >= 11 is 2.13. The van der Waals surface area contributed by atoms with Crippen molar-refractivity contribution in [3.8, 4) is 0 Å². The van der Waals surface area contributed by atoms with Gasteiger partial charge in [-0.15, -0.1) is 0 Å². The van der Waals surface area contributed by atoms with E-state index in [2.05, 4.69) is 37.8 Å². The van der Waals surface area contributed by atoms with Crippen LogP contribution >= 0.6 is 22.6 Å². The molecule has 0 bridgehead atoms. The Morgan fingerprint density at radius 3 is 2.79 bits per heavy atom. The number of rotatable bonds is 5. The zero-order valence-corrected chi connectivity index (χ0v) is 15.6. The van der Waals surface area contributed by atoms with Crippen molar-refractivity contribution in [1.29, 1.82) is 0 Å². The third-order valence-electron chi connectivity index (χ3n) is 4.52. The molecule has 3 heterocycles. The lowest BCUT2D eigenvalue weighted by atomic mass is 10.1. The van der Waals surface area contributed by atoms with Crippen molar-refractivity contribution < 1.29 is 14.9 Å².